The number of rotatable bonds is 7. The van der Waals surface area contributed by atoms with Crippen molar-refractivity contribution in [1.82, 2.24) is 0 Å². The maximum absolute atomic E-state index is 12.1. The minimum atomic E-state index is -0.514. The summed E-state index contributed by atoms with van der Waals surface area (Å²) in [6.45, 7) is 5.12. The van der Waals surface area contributed by atoms with Gasteiger partial charge in [-0.15, -0.1) is 0 Å². The van der Waals surface area contributed by atoms with Gasteiger partial charge in [0.25, 0.3) is 0 Å². The molecule has 0 spiro atoms. The Hall–Kier alpha value is -2.82. The van der Waals surface area contributed by atoms with Crippen LogP contribution < -0.4 is 9.47 Å². The van der Waals surface area contributed by atoms with Gasteiger partial charge in [0, 0.05) is 12.0 Å². The molecule has 5 heteroatoms. The Balaban J connectivity index is 1.69. The van der Waals surface area contributed by atoms with E-state index in [9.17, 15) is 4.79 Å². The Morgan fingerprint density at radius 3 is 2.04 bits per heavy atom. The molecule has 1 heterocycles. The lowest BCUT2D eigenvalue weighted by Crippen LogP contribution is -2.17. The van der Waals surface area contributed by atoms with Crippen LogP contribution in [0.15, 0.2) is 53.5 Å². The third-order valence-electron chi connectivity index (χ3n) is 3.82. The molecule has 0 aromatic heterocycles. The largest absolute Gasteiger partial charge is 0.494 e. The van der Waals surface area contributed by atoms with Gasteiger partial charge >= 0.3 is 5.97 Å². The second kappa shape index (κ2) is 7.83. The first kappa shape index (κ1) is 17.0. The number of esters is 1. The van der Waals surface area contributed by atoms with Crippen molar-refractivity contribution in [3.63, 3.8) is 0 Å². The molecule has 25 heavy (non-hydrogen) atoms. The van der Waals surface area contributed by atoms with Crippen molar-refractivity contribution < 1.29 is 19.0 Å². The Morgan fingerprint density at radius 2 is 1.48 bits per heavy atom. The Labute approximate surface area is 147 Å². The normalized spacial score (nSPS) is 16.3. The molecule has 130 valence electrons. The van der Waals surface area contributed by atoms with Crippen LogP contribution in [0.4, 0.5) is 0 Å². The fraction of sp³-hybridized carbons (Fsp3) is 0.300. The SMILES string of the molecule is CCOc1ccc(C[C@H]2N=C(c3ccc(OCC)cc3)OC2=O)cc1. The van der Waals surface area contributed by atoms with E-state index < -0.39 is 6.04 Å². The van der Waals surface area contributed by atoms with Gasteiger partial charge in [0.15, 0.2) is 6.04 Å². The molecule has 0 bridgehead atoms. The summed E-state index contributed by atoms with van der Waals surface area (Å²) >= 11 is 0. The summed E-state index contributed by atoms with van der Waals surface area (Å²) in [4.78, 5) is 16.6. The number of cyclic esters (lactones) is 1. The van der Waals surface area contributed by atoms with E-state index in [1.54, 1.807) is 0 Å². The summed E-state index contributed by atoms with van der Waals surface area (Å²) in [5.74, 6) is 1.64. The van der Waals surface area contributed by atoms with Crippen LogP contribution in [-0.2, 0) is 16.0 Å². The fourth-order valence-corrected chi connectivity index (χ4v) is 2.62. The Morgan fingerprint density at radius 1 is 0.920 bits per heavy atom. The topological polar surface area (TPSA) is 57.1 Å². The molecule has 0 amide bonds. The lowest BCUT2D eigenvalue weighted by molar-refractivity contribution is -0.134. The van der Waals surface area contributed by atoms with Crippen LogP contribution in [0.3, 0.4) is 0 Å². The van der Waals surface area contributed by atoms with Gasteiger partial charge in [-0.3, -0.25) is 0 Å². The van der Waals surface area contributed by atoms with Gasteiger partial charge in [-0.05, 0) is 55.8 Å². The molecule has 0 fully saturated rings. The summed E-state index contributed by atoms with van der Waals surface area (Å²) < 4.78 is 16.2. The van der Waals surface area contributed by atoms with E-state index in [4.69, 9.17) is 14.2 Å². The van der Waals surface area contributed by atoms with Crippen molar-refractivity contribution in [3.05, 3.63) is 59.7 Å². The number of ether oxygens (including phenoxy) is 3. The molecule has 2 aromatic rings. The number of hydrogen-bond donors (Lipinski definition) is 0. The smallest absolute Gasteiger partial charge is 0.338 e. The van der Waals surface area contributed by atoms with Crippen molar-refractivity contribution in [2.75, 3.05) is 13.2 Å². The van der Waals surface area contributed by atoms with Crippen molar-refractivity contribution in [2.45, 2.75) is 26.3 Å². The first-order valence-corrected chi connectivity index (χ1v) is 8.44. The molecule has 1 aliphatic heterocycles. The van der Waals surface area contributed by atoms with Crippen LogP contribution in [-0.4, -0.2) is 31.1 Å². The zero-order valence-corrected chi connectivity index (χ0v) is 14.4. The summed E-state index contributed by atoms with van der Waals surface area (Å²) in [5.41, 5.74) is 1.79. The zero-order chi connectivity index (χ0) is 17.6. The first-order chi connectivity index (χ1) is 12.2. The summed E-state index contributed by atoms with van der Waals surface area (Å²) in [5, 5.41) is 0. The number of carbonyl (C=O) groups excluding carboxylic acids is 1. The van der Waals surface area contributed by atoms with Crippen molar-refractivity contribution >= 4 is 11.9 Å². The molecule has 5 nitrogen and oxygen atoms in total. The van der Waals surface area contributed by atoms with E-state index in [0.29, 0.717) is 25.5 Å². The number of benzene rings is 2. The quantitative estimate of drug-likeness (QED) is 0.726. The molecule has 0 saturated carbocycles. The molecule has 1 aliphatic rings. The second-order valence-electron chi connectivity index (χ2n) is 5.61. The van der Waals surface area contributed by atoms with Crippen LogP contribution in [0.25, 0.3) is 0 Å². The zero-order valence-electron chi connectivity index (χ0n) is 14.4. The lowest BCUT2D eigenvalue weighted by atomic mass is 10.1. The van der Waals surface area contributed by atoms with E-state index in [2.05, 4.69) is 4.99 Å². The standard InChI is InChI=1S/C20H21NO4/c1-3-23-16-9-5-14(6-10-16)13-18-20(22)25-19(21-18)15-7-11-17(12-8-15)24-4-2/h5-12,18H,3-4,13H2,1-2H3/t18-/m1/s1. The van der Waals surface area contributed by atoms with Crippen LogP contribution >= 0.6 is 0 Å². The molecule has 1 atom stereocenters. The van der Waals surface area contributed by atoms with E-state index in [0.717, 1.165) is 22.6 Å². The molecule has 3 rings (SSSR count). The molecule has 0 radical (unpaired) electrons. The van der Waals surface area contributed by atoms with Gasteiger partial charge in [-0.1, -0.05) is 12.1 Å². The highest BCUT2D eigenvalue weighted by molar-refractivity contribution is 6.06. The second-order valence-corrected chi connectivity index (χ2v) is 5.61. The highest BCUT2D eigenvalue weighted by atomic mass is 16.6. The van der Waals surface area contributed by atoms with Crippen molar-refractivity contribution in [3.8, 4) is 11.5 Å². The number of nitrogens with zero attached hydrogens (tertiary/aromatic N) is 1. The summed E-state index contributed by atoms with van der Waals surface area (Å²) in [6, 6.07) is 14.5. The van der Waals surface area contributed by atoms with Crippen LogP contribution in [0, 0.1) is 0 Å². The summed E-state index contributed by atoms with van der Waals surface area (Å²) in [6.07, 6.45) is 0.506. The van der Waals surface area contributed by atoms with Crippen molar-refractivity contribution in [2.24, 2.45) is 4.99 Å². The van der Waals surface area contributed by atoms with Gasteiger partial charge in [-0.2, -0.15) is 0 Å². The minimum absolute atomic E-state index is 0.322. The fourth-order valence-electron chi connectivity index (χ4n) is 2.62. The van der Waals surface area contributed by atoms with Gasteiger partial charge in [-0.25, -0.2) is 9.79 Å². The molecular formula is C20H21NO4. The number of aliphatic imine (C=N–C) groups is 1. The lowest BCUT2D eigenvalue weighted by Gasteiger charge is -2.06. The van der Waals surface area contributed by atoms with Gasteiger partial charge in [0.1, 0.15) is 11.5 Å². The van der Waals surface area contributed by atoms with Gasteiger partial charge < -0.3 is 14.2 Å². The molecule has 0 saturated heterocycles. The molecular weight excluding hydrogens is 318 g/mol. The molecule has 0 aliphatic carbocycles. The van der Waals surface area contributed by atoms with Crippen LogP contribution in [0.5, 0.6) is 11.5 Å². The predicted octanol–water partition coefficient (Wildman–Crippen LogP) is 3.40. The Kier molecular flexibility index (Phi) is 5.33. The minimum Gasteiger partial charge on any atom is -0.494 e. The van der Waals surface area contributed by atoms with Gasteiger partial charge in [0.2, 0.25) is 5.90 Å². The monoisotopic (exact) mass is 339 g/mol. The van der Waals surface area contributed by atoms with Gasteiger partial charge in [0.05, 0.1) is 13.2 Å². The molecule has 2 aromatic carbocycles. The van der Waals surface area contributed by atoms with Crippen LogP contribution in [0.2, 0.25) is 0 Å². The van der Waals surface area contributed by atoms with Crippen molar-refractivity contribution in [1.29, 1.82) is 0 Å². The number of carbonyl (C=O) groups is 1. The maximum Gasteiger partial charge on any atom is 0.338 e. The van der Waals surface area contributed by atoms with E-state index >= 15 is 0 Å². The van der Waals surface area contributed by atoms with E-state index in [1.165, 1.54) is 0 Å². The average molecular weight is 339 g/mol. The van der Waals surface area contributed by atoms with E-state index in [1.807, 2.05) is 62.4 Å². The maximum atomic E-state index is 12.1. The van der Waals surface area contributed by atoms with E-state index in [-0.39, 0.29) is 5.97 Å². The average Bonchev–Trinajstić information content (AvgIpc) is 2.98. The Bertz CT molecular complexity index is 750. The third-order valence-corrected chi connectivity index (χ3v) is 3.82. The summed E-state index contributed by atoms with van der Waals surface area (Å²) in [7, 11) is 0. The number of hydrogen-bond acceptors (Lipinski definition) is 5. The first-order valence-electron chi connectivity index (χ1n) is 8.44. The molecule has 0 unspecified atom stereocenters. The predicted molar refractivity (Wildman–Crippen MR) is 95.3 cm³/mol. The van der Waals surface area contributed by atoms with Crippen LogP contribution in [0.1, 0.15) is 25.0 Å². The highest BCUT2D eigenvalue weighted by Crippen LogP contribution is 2.20. The molecule has 0 N–H and O–H groups in total. The highest BCUT2D eigenvalue weighted by Gasteiger charge is 2.29. The third kappa shape index (κ3) is 4.18.